The first-order valence-electron chi connectivity index (χ1n) is 6.20. The van der Waals surface area contributed by atoms with E-state index in [-0.39, 0.29) is 24.1 Å². The number of Topliss-reactive ketones (excluding diaryl/α,β-unsaturated/α-hetero) is 1. The fourth-order valence-corrected chi connectivity index (χ4v) is 1.86. The monoisotopic (exact) mass is 271 g/mol. The van der Waals surface area contributed by atoms with Crippen molar-refractivity contribution in [3.8, 4) is 0 Å². The average molecular weight is 271 g/mol. The molecule has 0 spiro atoms. The van der Waals surface area contributed by atoms with Gasteiger partial charge in [-0.1, -0.05) is 30.3 Å². The largest absolute Gasteiger partial charge is 0.345 e. The zero-order valence-corrected chi connectivity index (χ0v) is 11.0. The molecule has 1 amide bonds. The molecule has 0 aromatic heterocycles. The summed E-state index contributed by atoms with van der Waals surface area (Å²) in [6.07, 6.45) is 0. The van der Waals surface area contributed by atoms with Gasteiger partial charge in [0.2, 0.25) is 0 Å². The van der Waals surface area contributed by atoms with Crippen molar-refractivity contribution in [3.63, 3.8) is 0 Å². The molecule has 1 N–H and O–H groups in total. The number of hydrogen-bond donors (Lipinski definition) is 1. The van der Waals surface area contributed by atoms with Gasteiger partial charge in [0, 0.05) is 11.1 Å². The summed E-state index contributed by atoms with van der Waals surface area (Å²) in [5.74, 6) is -0.940. The third kappa shape index (κ3) is 3.29. The van der Waals surface area contributed by atoms with Crippen LogP contribution in [0.2, 0.25) is 0 Å². The topological polar surface area (TPSA) is 46.2 Å². The van der Waals surface area contributed by atoms with E-state index in [0.717, 1.165) is 0 Å². The molecule has 0 aliphatic rings. The quantitative estimate of drug-likeness (QED) is 0.869. The van der Waals surface area contributed by atoms with Gasteiger partial charge in [0.25, 0.3) is 5.91 Å². The minimum Gasteiger partial charge on any atom is -0.345 e. The molecule has 0 atom stereocenters. The van der Waals surface area contributed by atoms with E-state index in [1.807, 2.05) is 6.07 Å². The first kappa shape index (κ1) is 13.9. The van der Waals surface area contributed by atoms with Gasteiger partial charge < -0.3 is 5.32 Å². The maximum Gasteiger partial charge on any atom is 0.251 e. The lowest BCUT2D eigenvalue weighted by Gasteiger charge is -2.07. The molecule has 20 heavy (non-hydrogen) atoms. The van der Waals surface area contributed by atoms with Crippen molar-refractivity contribution in [1.82, 2.24) is 5.32 Å². The van der Waals surface area contributed by atoms with Crippen LogP contribution in [0, 0.1) is 12.7 Å². The van der Waals surface area contributed by atoms with E-state index in [9.17, 15) is 14.0 Å². The molecule has 0 aliphatic heterocycles. The lowest BCUT2D eigenvalue weighted by Crippen LogP contribution is -2.30. The van der Waals surface area contributed by atoms with Crippen molar-refractivity contribution in [2.75, 3.05) is 6.54 Å². The van der Waals surface area contributed by atoms with Gasteiger partial charge in [0.15, 0.2) is 5.78 Å². The van der Waals surface area contributed by atoms with Gasteiger partial charge in [-0.3, -0.25) is 9.59 Å². The molecule has 3 nitrogen and oxygen atoms in total. The van der Waals surface area contributed by atoms with Crippen molar-refractivity contribution < 1.29 is 14.0 Å². The van der Waals surface area contributed by atoms with E-state index < -0.39 is 0 Å². The summed E-state index contributed by atoms with van der Waals surface area (Å²) in [5, 5.41) is 2.55. The zero-order chi connectivity index (χ0) is 14.5. The summed E-state index contributed by atoms with van der Waals surface area (Å²) in [6.45, 7) is 1.57. The molecule has 4 heteroatoms. The predicted octanol–water partition coefficient (Wildman–Crippen LogP) is 2.75. The van der Waals surface area contributed by atoms with Crippen LogP contribution in [0.5, 0.6) is 0 Å². The highest BCUT2D eigenvalue weighted by Crippen LogP contribution is 2.10. The van der Waals surface area contributed by atoms with Gasteiger partial charge in [-0.2, -0.15) is 0 Å². The molecule has 0 unspecified atom stereocenters. The fraction of sp³-hybridized carbons (Fsp3) is 0.125. The van der Waals surface area contributed by atoms with Gasteiger partial charge >= 0.3 is 0 Å². The number of ketones is 1. The molecule has 2 aromatic rings. The van der Waals surface area contributed by atoms with E-state index >= 15 is 0 Å². The molecular weight excluding hydrogens is 257 g/mol. The standard InChI is InChI=1S/C16H14FNO2/c1-11-9-13(17)7-8-14(11)16(20)18-10-15(19)12-5-3-2-4-6-12/h2-9H,10H2,1H3,(H,18,20). The van der Waals surface area contributed by atoms with Crippen LogP contribution in [0.4, 0.5) is 4.39 Å². The number of amides is 1. The van der Waals surface area contributed by atoms with Crippen LogP contribution in [0.3, 0.4) is 0 Å². The first-order chi connectivity index (χ1) is 9.58. The molecule has 2 aromatic carbocycles. The van der Waals surface area contributed by atoms with Gasteiger partial charge in [-0.05, 0) is 30.7 Å². The van der Waals surface area contributed by atoms with Crippen LogP contribution in [-0.4, -0.2) is 18.2 Å². The summed E-state index contributed by atoms with van der Waals surface area (Å²) >= 11 is 0. The van der Waals surface area contributed by atoms with Crippen molar-refractivity contribution in [1.29, 1.82) is 0 Å². The van der Waals surface area contributed by atoms with Crippen molar-refractivity contribution in [3.05, 3.63) is 71.0 Å². The van der Waals surface area contributed by atoms with Crippen LogP contribution in [0.1, 0.15) is 26.3 Å². The molecule has 0 saturated carbocycles. The Balaban J connectivity index is 2.00. The molecule has 0 saturated heterocycles. The van der Waals surface area contributed by atoms with E-state index in [2.05, 4.69) is 5.32 Å². The normalized spacial score (nSPS) is 10.1. The van der Waals surface area contributed by atoms with Crippen molar-refractivity contribution >= 4 is 11.7 Å². The van der Waals surface area contributed by atoms with Crippen LogP contribution in [-0.2, 0) is 0 Å². The van der Waals surface area contributed by atoms with E-state index in [0.29, 0.717) is 16.7 Å². The summed E-state index contributed by atoms with van der Waals surface area (Å²) in [6, 6.07) is 12.6. The third-order valence-corrected chi connectivity index (χ3v) is 2.94. The van der Waals surface area contributed by atoms with Gasteiger partial charge in [0.1, 0.15) is 5.82 Å². The number of carbonyl (C=O) groups excluding carboxylic acids is 2. The number of halogens is 1. The number of nitrogens with one attached hydrogen (secondary N) is 1. The number of aryl methyl sites for hydroxylation is 1. The van der Waals surface area contributed by atoms with Crippen molar-refractivity contribution in [2.45, 2.75) is 6.92 Å². The second kappa shape index (κ2) is 6.10. The highest BCUT2D eigenvalue weighted by atomic mass is 19.1. The molecule has 2 rings (SSSR count). The van der Waals surface area contributed by atoms with E-state index in [1.54, 1.807) is 31.2 Å². The maximum atomic E-state index is 13.0. The Hall–Kier alpha value is -2.49. The van der Waals surface area contributed by atoms with Gasteiger partial charge in [0.05, 0.1) is 6.54 Å². The minimum atomic E-state index is -0.389. The van der Waals surface area contributed by atoms with Crippen LogP contribution >= 0.6 is 0 Å². The Morgan fingerprint density at radius 3 is 2.45 bits per heavy atom. The van der Waals surface area contributed by atoms with Gasteiger partial charge in [-0.15, -0.1) is 0 Å². The highest BCUT2D eigenvalue weighted by Gasteiger charge is 2.11. The summed E-state index contributed by atoms with van der Waals surface area (Å²) in [4.78, 5) is 23.8. The van der Waals surface area contributed by atoms with Crippen LogP contribution in [0.25, 0.3) is 0 Å². The third-order valence-electron chi connectivity index (χ3n) is 2.94. The zero-order valence-electron chi connectivity index (χ0n) is 11.0. The Morgan fingerprint density at radius 1 is 1.10 bits per heavy atom. The minimum absolute atomic E-state index is 0.0837. The van der Waals surface area contributed by atoms with Crippen LogP contribution in [0.15, 0.2) is 48.5 Å². The number of hydrogen-bond acceptors (Lipinski definition) is 2. The number of rotatable bonds is 4. The predicted molar refractivity (Wildman–Crippen MR) is 74.2 cm³/mol. The lowest BCUT2D eigenvalue weighted by molar-refractivity contribution is 0.0903. The molecule has 0 fully saturated rings. The van der Waals surface area contributed by atoms with Gasteiger partial charge in [-0.25, -0.2) is 4.39 Å². The second-order valence-electron chi connectivity index (χ2n) is 4.43. The summed E-state index contributed by atoms with van der Waals surface area (Å²) < 4.78 is 13.0. The Labute approximate surface area is 116 Å². The van der Waals surface area contributed by atoms with E-state index in [4.69, 9.17) is 0 Å². The fourth-order valence-electron chi connectivity index (χ4n) is 1.86. The van der Waals surface area contributed by atoms with Crippen molar-refractivity contribution in [2.24, 2.45) is 0 Å². The maximum absolute atomic E-state index is 13.0. The Bertz CT molecular complexity index is 638. The molecule has 0 bridgehead atoms. The Kier molecular flexibility index (Phi) is 4.25. The number of carbonyl (C=O) groups is 2. The smallest absolute Gasteiger partial charge is 0.251 e. The second-order valence-corrected chi connectivity index (χ2v) is 4.43. The number of benzene rings is 2. The molecule has 102 valence electrons. The van der Waals surface area contributed by atoms with E-state index in [1.165, 1.54) is 18.2 Å². The molecular formula is C16H14FNO2. The molecule has 0 heterocycles. The Morgan fingerprint density at radius 2 is 1.80 bits per heavy atom. The SMILES string of the molecule is Cc1cc(F)ccc1C(=O)NCC(=O)c1ccccc1. The first-order valence-corrected chi connectivity index (χ1v) is 6.20. The average Bonchev–Trinajstić information content (AvgIpc) is 2.45. The molecule has 0 aliphatic carbocycles. The lowest BCUT2D eigenvalue weighted by atomic mass is 10.1. The highest BCUT2D eigenvalue weighted by molar-refractivity contribution is 6.02. The summed E-state index contributed by atoms with van der Waals surface area (Å²) in [7, 11) is 0. The summed E-state index contributed by atoms with van der Waals surface area (Å²) in [5.41, 5.74) is 1.45. The van der Waals surface area contributed by atoms with Crippen LogP contribution < -0.4 is 5.32 Å². The molecule has 0 radical (unpaired) electrons.